The number of amides is 4. The number of carbonyl (C=O) groups is 4. The van der Waals surface area contributed by atoms with E-state index in [9.17, 15) is 45.1 Å². The second-order valence-corrected chi connectivity index (χ2v) is 10.2. The van der Waals surface area contributed by atoms with E-state index in [4.69, 9.17) is 0 Å². The first-order valence-electron chi connectivity index (χ1n) is 8.99. The number of imide groups is 2. The number of benzene rings is 2. The summed E-state index contributed by atoms with van der Waals surface area (Å²) in [5, 5.41) is 0.0445. The Kier molecular flexibility index (Phi) is 4.93. The van der Waals surface area contributed by atoms with E-state index in [1.54, 1.807) is 0 Å². The first kappa shape index (κ1) is 22.0. The van der Waals surface area contributed by atoms with Gasteiger partial charge in [0.25, 0.3) is 23.6 Å². The molecule has 0 radical (unpaired) electrons. The first-order chi connectivity index (χ1) is 14.8. The van der Waals surface area contributed by atoms with E-state index in [-0.39, 0.29) is 33.0 Å². The summed E-state index contributed by atoms with van der Waals surface area (Å²) in [6.07, 6.45) is 0. The molecule has 0 atom stereocenters. The molecule has 2 aliphatic rings. The lowest BCUT2D eigenvalue weighted by Crippen LogP contribution is -2.45. The summed E-state index contributed by atoms with van der Waals surface area (Å²) in [6.45, 7) is -1.33. The fraction of sp³-hybridized carbons (Fsp3) is 0.222. The normalized spacial score (nSPS) is 16.3. The van der Waals surface area contributed by atoms with E-state index in [1.807, 2.05) is 0 Å². The van der Waals surface area contributed by atoms with Gasteiger partial charge in [-0.15, -0.1) is 0 Å². The smallest absolute Gasteiger partial charge is 0.261 e. The van der Waals surface area contributed by atoms with Crippen molar-refractivity contribution in [2.24, 2.45) is 0 Å². The summed E-state index contributed by atoms with van der Waals surface area (Å²) in [4.78, 5) is 52.5. The highest BCUT2D eigenvalue weighted by atomic mass is 32.2. The van der Waals surface area contributed by atoms with Crippen LogP contribution >= 0.6 is 0 Å². The van der Waals surface area contributed by atoms with Gasteiger partial charge < -0.3 is 9.11 Å². The van der Waals surface area contributed by atoms with E-state index < -0.39 is 68.5 Å². The quantitative estimate of drug-likeness (QED) is 0.371. The third kappa shape index (κ3) is 3.56. The molecule has 4 rings (SSSR count). The highest BCUT2D eigenvalue weighted by Gasteiger charge is 2.39. The van der Waals surface area contributed by atoms with Crippen molar-refractivity contribution in [2.75, 3.05) is 24.6 Å². The number of hydrogen-bond acceptors (Lipinski definition) is 10. The zero-order valence-electron chi connectivity index (χ0n) is 15.9. The molecular formula is C18H12N2O10S2-2. The molecule has 4 amide bonds. The van der Waals surface area contributed by atoms with Crippen LogP contribution in [0.2, 0.25) is 0 Å². The van der Waals surface area contributed by atoms with Crippen molar-refractivity contribution in [3.63, 3.8) is 0 Å². The van der Waals surface area contributed by atoms with Crippen molar-refractivity contribution < 1.29 is 45.1 Å². The van der Waals surface area contributed by atoms with Crippen molar-refractivity contribution in [3.8, 4) is 0 Å². The Morgan fingerprint density at radius 3 is 1.03 bits per heavy atom. The largest absolute Gasteiger partial charge is 0.748 e. The van der Waals surface area contributed by atoms with Crippen molar-refractivity contribution in [3.05, 3.63) is 46.5 Å². The summed E-state index contributed by atoms with van der Waals surface area (Å²) in [5.74, 6) is -5.53. The zero-order chi connectivity index (χ0) is 23.6. The fourth-order valence-corrected chi connectivity index (χ4v) is 4.60. The second kappa shape index (κ2) is 7.16. The maximum atomic E-state index is 12.8. The summed E-state index contributed by atoms with van der Waals surface area (Å²) < 4.78 is 65.6. The third-order valence-corrected chi connectivity index (χ3v) is 6.56. The molecule has 0 unspecified atom stereocenters. The van der Waals surface area contributed by atoms with Gasteiger partial charge in [-0.2, -0.15) is 0 Å². The van der Waals surface area contributed by atoms with E-state index in [2.05, 4.69) is 0 Å². The van der Waals surface area contributed by atoms with Crippen LogP contribution in [-0.4, -0.2) is 84.0 Å². The number of carbonyl (C=O) groups excluding carboxylic acids is 4. The van der Waals surface area contributed by atoms with Crippen LogP contribution in [-0.2, 0) is 20.2 Å². The lowest BCUT2D eigenvalue weighted by Gasteiger charge is -2.32. The Labute approximate surface area is 180 Å². The molecule has 2 aromatic rings. The highest BCUT2D eigenvalue weighted by Crippen LogP contribution is 2.37. The molecule has 0 aliphatic carbocycles. The molecular weight excluding hydrogens is 468 g/mol. The van der Waals surface area contributed by atoms with Gasteiger partial charge in [0.15, 0.2) is 0 Å². The summed E-state index contributed by atoms with van der Waals surface area (Å²) in [5.41, 5.74) is -0.279. The first-order valence-corrected chi connectivity index (χ1v) is 12.1. The van der Waals surface area contributed by atoms with E-state index in [0.717, 1.165) is 0 Å². The van der Waals surface area contributed by atoms with Crippen LogP contribution in [0.3, 0.4) is 0 Å². The predicted octanol–water partition coefficient (Wildman–Crippen LogP) is -0.878. The Hall–Kier alpha value is -3.20. The minimum absolute atomic E-state index is 0.0222. The van der Waals surface area contributed by atoms with E-state index in [0.29, 0.717) is 9.80 Å². The second-order valence-electron chi connectivity index (χ2n) is 7.12. The fourth-order valence-electron chi connectivity index (χ4n) is 3.79. The molecule has 0 bridgehead atoms. The van der Waals surface area contributed by atoms with Crippen LogP contribution in [0.25, 0.3) is 10.8 Å². The van der Waals surface area contributed by atoms with Crippen LogP contribution in [0.5, 0.6) is 0 Å². The van der Waals surface area contributed by atoms with Crippen LogP contribution in [0.15, 0.2) is 24.3 Å². The lowest BCUT2D eigenvalue weighted by molar-refractivity contribution is 0.0598. The Morgan fingerprint density at radius 1 is 0.562 bits per heavy atom. The van der Waals surface area contributed by atoms with Gasteiger partial charge in [0.1, 0.15) is 0 Å². The summed E-state index contributed by atoms with van der Waals surface area (Å²) in [6, 6.07) is 4.87. The van der Waals surface area contributed by atoms with Gasteiger partial charge in [-0.05, 0) is 24.3 Å². The SMILES string of the molecule is O=C1c2ccc3c4c(ccc(c24)C(=O)N1CCS(=O)(=O)[O-])C(=O)N(CCS(=O)(=O)[O-])C3=O. The van der Waals surface area contributed by atoms with Crippen LogP contribution in [0, 0.1) is 0 Å². The lowest BCUT2D eigenvalue weighted by atomic mass is 9.86. The standard InChI is InChI=1S/C18H14N2O10S2/c21-15-9-1-2-10-14-12(18(24)20(16(10)22)6-8-32(28,29)30)4-3-11(13(9)14)17(23)19(15)5-7-31(25,26)27/h1-4H,5-8H2,(H,25,26,27)(H,28,29,30)/p-2. The third-order valence-electron chi connectivity index (χ3n) is 5.19. The van der Waals surface area contributed by atoms with Crippen LogP contribution in [0.1, 0.15) is 41.4 Å². The monoisotopic (exact) mass is 480 g/mol. The minimum Gasteiger partial charge on any atom is -0.748 e. The Balaban J connectivity index is 1.83. The summed E-state index contributed by atoms with van der Waals surface area (Å²) >= 11 is 0. The van der Waals surface area contributed by atoms with Gasteiger partial charge in [0, 0.05) is 46.1 Å². The molecule has 0 saturated carbocycles. The van der Waals surface area contributed by atoms with Gasteiger partial charge in [-0.25, -0.2) is 16.8 Å². The predicted molar refractivity (Wildman–Crippen MR) is 104 cm³/mol. The van der Waals surface area contributed by atoms with Crippen molar-refractivity contribution in [2.45, 2.75) is 0 Å². The highest BCUT2D eigenvalue weighted by molar-refractivity contribution is 7.85. The number of rotatable bonds is 6. The van der Waals surface area contributed by atoms with Gasteiger partial charge in [-0.1, -0.05) is 0 Å². The average molecular weight is 480 g/mol. The maximum absolute atomic E-state index is 12.8. The van der Waals surface area contributed by atoms with Crippen LogP contribution in [0.4, 0.5) is 0 Å². The molecule has 0 N–H and O–H groups in total. The Bertz CT molecular complexity index is 1280. The molecule has 12 nitrogen and oxygen atoms in total. The average Bonchev–Trinajstić information content (AvgIpc) is 2.68. The molecule has 0 saturated heterocycles. The topological polar surface area (TPSA) is 189 Å². The molecule has 14 heteroatoms. The zero-order valence-corrected chi connectivity index (χ0v) is 17.6. The molecule has 32 heavy (non-hydrogen) atoms. The number of hydrogen-bond donors (Lipinski definition) is 0. The Morgan fingerprint density at radius 2 is 0.812 bits per heavy atom. The van der Waals surface area contributed by atoms with Gasteiger partial charge in [0.05, 0.1) is 31.7 Å². The molecule has 2 aliphatic heterocycles. The van der Waals surface area contributed by atoms with Crippen molar-refractivity contribution in [1.82, 2.24) is 9.80 Å². The van der Waals surface area contributed by atoms with Gasteiger partial charge in [0.2, 0.25) is 0 Å². The summed E-state index contributed by atoms with van der Waals surface area (Å²) in [7, 11) is -9.40. The van der Waals surface area contributed by atoms with Gasteiger partial charge in [-0.3, -0.25) is 29.0 Å². The number of nitrogens with zero attached hydrogens (tertiary/aromatic N) is 2. The van der Waals surface area contributed by atoms with Crippen LogP contribution < -0.4 is 0 Å². The van der Waals surface area contributed by atoms with Crippen molar-refractivity contribution in [1.29, 1.82) is 0 Å². The molecule has 168 valence electrons. The molecule has 0 aromatic heterocycles. The molecule has 2 aromatic carbocycles. The van der Waals surface area contributed by atoms with E-state index in [1.165, 1.54) is 24.3 Å². The van der Waals surface area contributed by atoms with Gasteiger partial charge >= 0.3 is 0 Å². The maximum Gasteiger partial charge on any atom is 0.261 e. The molecule has 0 fully saturated rings. The minimum atomic E-state index is -4.70. The molecule has 2 heterocycles. The van der Waals surface area contributed by atoms with Crippen molar-refractivity contribution >= 4 is 54.6 Å². The molecule has 0 spiro atoms. The van der Waals surface area contributed by atoms with E-state index >= 15 is 0 Å².